The highest BCUT2D eigenvalue weighted by atomic mass is 16.3. The lowest BCUT2D eigenvalue weighted by Gasteiger charge is -2.30. The average molecular weight is 263 g/mol. The molecule has 2 unspecified atom stereocenters. The molecule has 106 valence electrons. The van der Waals surface area contributed by atoms with E-state index in [0.717, 1.165) is 25.7 Å². The van der Waals surface area contributed by atoms with Gasteiger partial charge in [-0.1, -0.05) is 19.9 Å². The van der Waals surface area contributed by atoms with E-state index in [4.69, 9.17) is 0 Å². The molecule has 1 aliphatic rings. The molecular weight excluding hydrogens is 238 g/mol. The smallest absolute Gasteiger partial charge is 0.115 e. The van der Waals surface area contributed by atoms with Gasteiger partial charge in [0.25, 0.3) is 0 Å². The van der Waals surface area contributed by atoms with Crippen LogP contribution in [0.5, 0.6) is 5.75 Å². The Labute approximate surface area is 115 Å². The molecule has 3 N–H and O–H groups in total. The highest BCUT2D eigenvalue weighted by Crippen LogP contribution is 2.32. The fourth-order valence-electron chi connectivity index (χ4n) is 3.01. The van der Waals surface area contributed by atoms with Gasteiger partial charge in [0.05, 0.1) is 6.61 Å². The molecule has 0 aliphatic heterocycles. The van der Waals surface area contributed by atoms with Crippen LogP contribution in [-0.4, -0.2) is 22.9 Å². The van der Waals surface area contributed by atoms with Gasteiger partial charge in [-0.2, -0.15) is 0 Å². The van der Waals surface area contributed by atoms with Gasteiger partial charge >= 0.3 is 0 Å². The van der Waals surface area contributed by atoms with Crippen LogP contribution in [0.25, 0.3) is 0 Å². The van der Waals surface area contributed by atoms with E-state index in [-0.39, 0.29) is 18.7 Å². The van der Waals surface area contributed by atoms with E-state index in [1.807, 2.05) is 12.1 Å². The van der Waals surface area contributed by atoms with Crippen LogP contribution in [0.2, 0.25) is 0 Å². The number of phenols is 1. The number of aromatic hydroxyl groups is 1. The minimum Gasteiger partial charge on any atom is -0.508 e. The number of aryl methyl sites for hydroxylation is 1. The molecule has 2 atom stereocenters. The van der Waals surface area contributed by atoms with Crippen LogP contribution in [0.15, 0.2) is 18.2 Å². The minimum atomic E-state index is 0.137. The number of hydrogen-bond acceptors (Lipinski definition) is 3. The Morgan fingerprint density at radius 3 is 2.84 bits per heavy atom. The number of benzene rings is 1. The van der Waals surface area contributed by atoms with Gasteiger partial charge < -0.3 is 15.5 Å². The van der Waals surface area contributed by atoms with E-state index in [9.17, 15) is 10.2 Å². The van der Waals surface area contributed by atoms with Gasteiger partial charge in [0.15, 0.2) is 0 Å². The van der Waals surface area contributed by atoms with Crippen molar-refractivity contribution in [2.75, 3.05) is 6.61 Å². The SMILES string of the molecule is CC(C)CC(CO)NC1CCCc2ccc(O)cc21. The van der Waals surface area contributed by atoms with Gasteiger partial charge in [-0.3, -0.25) is 0 Å². The molecule has 19 heavy (non-hydrogen) atoms. The molecule has 0 saturated carbocycles. The number of fused-ring (bicyclic) bond motifs is 1. The molecule has 1 aliphatic carbocycles. The van der Waals surface area contributed by atoms with E-state index in [0.29, 0.717) is 11.7 Å². The first-order valence-electron chi connectivity index (χ1n) is 7.29. The summed E-state index contributed by atoms with van der Waals surface area (Å²) < 4.78 is 0. The third-order valence-corrected chi connectivity index (χ3v) is 3.86. The predicted molar refractivity (Wildman–Crippen MR) is 77.3 cm³/mol. The van der Waals surface area contributed by atoms with Crippen LogP contribution in [0.1, 0.15) is 50.3 Å². The zero-order valence-electron chi connectivity index (χ0n) is 11.9. The molecule has 3 nitrogen and oxygen atoms in total. The Bertz CT molecular complexity index is 417. The van der Waals surface area contributed by atoms with Crippen molar-refractivity contribution >= 4 is 0 Å². The Morgan fingerprint density at radius 2 is 2.16 bits per heavy atom. The molecule has 0 aromatic heterocycles. The first-order valence-corrected chi connectivity index (χ1v) is 7.29. The molecule has 0 bridgehead atoms. The van der Waals surface area contributed by atoms with Crippen LogP contribution in [-0.2, 0) is 6.42 Å². The van der Waals surface area contributed by atoms with Crippen molar-refractivity contribution < 1.29 is 10.2 Å². The molecule has 0 heterocycles. The van der Waals surface area contributed by atoms with Crippen molar-refractivity contribution in [2.45, 2.75) is 51.6 Å². The fourth-order valence-corrected chi connectivity index (χ4v) is 3.01. The van der Waals surface area contributed by atoms with Gasteiger partial charge in [-0.05, 0) is 54.9 Å². The van der Waals surface area contributed by atoms with Crippen LogP contribution in [0, 0.1) is 5.92 Å². The van der Waals surface area contributed by atoms with Gasteiger partial charge in [0.1, 0.15) is 5.75 Å². The van der Waals surface area contributed by atoms with Gasteiger partial charge in [-0.25, -0.2) is 0 Å². The topological polar surface area (TPSA) is 52.5 Å². The zero-order valence-corrected chi connectivity index (χ0v) is 11.9. The summed E-state index contributed by atoms with van der Waals surface area (Å²) in [6.07, 6.45) is 4.29. The lowest BCUT2D eigenvalue weighted by Crippen LogP contribution is -2.38. The van der Waals surface area contributed by atoms with Crippen LogP contribution < -0.4 is 5.32 Å². The average Bonchev–Trinajstić information content (AvgIpc) is 2.38. The first-order chi connectivity index (χ1) is 9.10. The monoisotopic (exact) mass is 263 g/mol. The zero-order chi connectivity index (χ0) is 13.8. The second-order valence-corrected chi connectivity index (χ2v) is 6.00. The van der Waals surface area contributed by atoms with Gasteiger partial charge in [0, 0.05) is 12.1 Å². The number of rotatable bonds is 5. The third kappa shape index (κ3) is 3.71. The number of aliphatic hydroxyl groups excluding tert-OH is 1. The lowest BCUT2D eigenvalue weighted by atomic mass is 9.86. The molecule has 1 aromatic carbocycles. The molecule has 1 aromatic rings. The largest absolute Gasteiger partial charge is 0.508 e. The summed E-state index contributed by atoms with van der Waals surface area (Å²) in [4.78, 5) is 0. The van der Waals surface area contributed by atoms with E-state index < -0.39 is 0 Å². The normalized spacial score (nSPS) is 20.3. The molecule has 0 amide bonds. The van der Waals surface area contributed by atoms with Crippen molar-refractivity contribution in [3.05, 3.63) is 29.3 Å². The molecule has 0 saturated heterocycles. The highest BCUT2D eigenvalue weighted by molar-refractivity contribution is 5.38. The standard InChI is InChI=1S/C16H25NO2/c1-11(2)8-13(10-18)17-16-5-3-4-12-6-7-14(19)9-15(12)16/h6-7,9,11,13,16-19H,3-5,8,10H2,1-2H3. The Kier molecular flexibility index (Phi) is 4.83. The maximum absolute atomic E-state index is 9.67. The number of phenolic OH excluding ortho intramolecular Hbond substituents is 1. The summed E-state index contributed by atoms with van der Waals surface area (Å²) in [5.41, 5.74) is 2.52. The van der Waals surface area contributed by atoms with Crippen molar-refractivity contribution in [2.24, 2.45) is 5.92 Å². The molecule has 0 spiro atoms. The van der Waals surface area contributed by atoms with Crippen LogP contribution >= 0.6 is 0 Å². The van der Waals surface area contributed by atoms with Crippen LogP contribution in [0.4, 0.5) is 0 Å². The van der Waals surface area contributed by atoms with Crippen molar-refractivity contribution in [3.63, 3.8) is 0 Å². The maximum atomic E-state index is 9.67. The number of aliphatic hydroxyl groups is 1. The van der Waals surface area contributed by atoms with E-state index >= 15 is 0 Å². The Hall–Kier alpha value is -1.06. The molecule has 3 heteroatoms. The molecule has 0 fully saturated rings. The third-order valence-electron chi connectivity index (χ3n) is 3.86. The second kappa shape index (κ2) is 6.40. The summed E-state index contributed by atoms with van der Waals surface area (Å²) in [6.45, 7) is 4.51. The van der Waals surface area contributed by atoms with E-state index in [2.05, 4.69) is 19.2 Å². The Balaban J connectivity index is 2.12. The lowest BCUT2D eigenvalue weighted by molar-refractivity contribution is 0.208. The second-order valence-electron chi connectivity index (χ2n) is 6.00. The molecule has 2 rings (SSSR count). The summed E-state index contributed by atoms with van der Waals surface area (Å²) in [5, 5.41) is 22.7. The summed E-state index contributed by atoms with van der Waals surface area (Å²) >= 11 is 0. The van der Waals surface area contributed by atoms with E-state index in [1.54, 1.807) is 6.07 Å². The summed E-state index contributed by atoms with van der Waals surface area (Å²) in [7, 11) is 0. The first kappa shape index (κ1) is 14.4. The fraction of sp³-hybridized carbons (Fsp3) is 0.625. The van der Waals surface area contributed by atoms with Crippen molar-refractivity contribution in [1.82, 2.24) is 5.32 Å². The predicted octanol–water partition coefficient (Wildman–Crippen LogP) is 2.77. The van der Waals surface area contributed by atoms with Gasteiger partial charge in [0.2, 0.25) is 0 Å². The quantitative estimate of drug-likeness (QED) is 0.765. The van der Waals surface area contributed by atoms with Crippen molar-refractivity contribution in [1.29, 1.82) is 0 Å². The Morgan fingerprint density at radius 1 is 1.37 bits per heavy atom. The van der Waals surface area contributed by atoms with E-state index in [1.165, 1.54) is 11.1 Å². The minimum absolute atomic E-state index is 0.137. The highest BCUT2D eigenvalue weighted by Gasteiger charge is 2.23. The number of nitrogens with one attached hydrogen (secondary N) is 1. The number of hydrogen-bond donors (Lipinski definition) is 3. The van der Waals surface area contributed by atoms with Crippen LogP contribution in [0.3, 0.4) is 0 Å². The summed E-state index contributed by atoms with van der Waals surface area (Å²) in [6, 6.07) is 6.05. The summed E-state index contributed by atoms with van der Waals surface area (Å²) in [5.74, 6) is 0.897. The van der Waals surface area contributed by atoms with Crippen molar-refractivity contribution in [3.8, 4) is 5.75 Å². The molecule has 0 radical (unpaired) electrons. The maximum Gasteiger partial charge on any atom is 0.115 e. The van der Waals surface area contributed by atoms with Gasteiger partial charge in [-0.15, -0.1) is 0 Å². The molecular formula is C16H25NO2.